The molecular weight excluding hydrogens is 258 g/mol. The van der Waals surface area contributed by atoms with Crippen LogP contribution in [0.15, 0.2) is 0 Å². The lowest BCUT2D eigenvalue weighted by Crippen LogP contribution is -2.53. The third-order valence-corrected chi connectivity index (χ3v) is 3.56. The van der Waals surface area contributed by atoms with Gasteiger partial charge in [0.1, 0.15) is 11.6 Å². The van der Waals surface area contributed by atoms with Crippen molar-refractivity contribution in [3.63, 3.8) is 0 Å². The van der Waals surface area contributed by atoms with E-state index < -0.39 is 23.7 Å². The standard InChI is InChI=1S/C15H27NO4/c1-10(2)16(14(19)20-15(3,4)5)12(13(17)18)11-8-6-7-9-11/h10-12H,6-9H2,1-5H3,(H,17,18). The smallest absolute Gasteiger partial charge is 0.411 e. The topological polar surface area (TPSA) is 66.8 Å². The van der Waals surface area contributed by atoms with Crippen molar-refractivity contribution in [2.45, 2.75) is 78.0 Å². The molecule has 20 heavy (non-hydrogen) atoms. The van der Waals surface area contributed by atoms with Crippen molar-refractivity contribution >= 4 is 12.1 Å². The summed E-state index contributed by atoms with van der Waals surface area (Å²) in [7, 11) is 0. The molecule has 1 amide bonds. The number of carboxylic acids is 1. The Kier molecular flexibility index (Phi) is 5.42. The quantitative estimate of drug-likeness (QED) is 0.860. The highest BCUT2D eigenvalue weighted by molar-refractivity contribution is 5.80. The maximum absolute atomic E-state index is 12.3. The molecule has 0 heterocycles. The zero-order chi connectivity index (χ0) is 15.5. The van der Waals surface area contributed by atoms with Crippen LogP contribution in [0.5, 0.6) is 0 Å². The van der Waals surface area contributed by atoms with Crippen LogP contribution in [0.1, 0.15) is 60.3 Å². The predicted molar refractivity (Wildman–Crippen MR) is 76.6 cm³/mol. The number of carbonyl (C=O) groups excluding carboxylic acids is 1. The van der Waals surface area contributed by atoms with Crippen molar-refractivity contribution in [2.75, 3.05) is 0 Å². The predicted octanol–water partition coefficient (Wildman–Crippen LogP) is 3.28. The number of hydrogen-bond donors (Lipinski definition) is 1. The summed E-state index contributed by atoms with van der Waals surface area (Å²) in [5.74, 6) is -0.904. The van der Waals surface area contributed by atoms with E-state index in [4.69, 9.17) is 4.74 Å². The fourth-order valence-electron chi connectivity index (χ4n) is 2.78. The molecule has 1 saturated carbocycles. The summed E-state index contributed by atoms with van der Waals surface area (Å²) in [4.78, 5) is 25.4. The second kappa shape index (κ2) is 6.46. The minimum atomic E-state index is -0.934. The lowest BCUT2D eigenvalue weighted by Gasteiger charge is -2.36. The summed E-state index contributed by atoms with van der Waals surface area (Å²) >= 11 is 0. The molecule has 1 aliphatic carbocycles. The highest BCUT2D eigenvalue weighted by atomic mass is 16.6. The number of nitrogens with zero attached hydrogens (tertiary/aromatic N) is 1. The van der Waals surface area contributed by atoms with Gasteiger partial charge in [0.05, 0.1) is 0 Å². The highest BCUT2D eigenvalue weighted by Crippen LogP contribution is 2.32. The summed E-state index contributed by atoms with van der Waals surface area (Å²) in [6.45, 7) is 9.02. The Morgan fingerprint density at radius 2 is 1.70 bits per heavy atom. The molecule has 0 aromatic rings. The number of amides is 1. The van der Waals surface area contributed by atoms with Crippen molar-refractivity contribution in [1.29, 1.82) is 0 Å². The van der Waals surface area contributed by atoms with Crippen LogP contribution in [0.4, 0.5) is 4.79 Å². The Balaban J connectivity index is 2.96. The van der Waals surface area contributed by atoms with Crippen LogP contribution < -0.4 is 0 Å². The van der Waals surface area contributed by atoms with Gasteiger partial charge >= 0.3 is 12.1 Å². The number of aliphatic carboxylic acids is 1. The highest BCUT2D eigenvalue weighted by Gasteiger charge is 2.40. The van der Waals surface area contributed by atoms with E-state index in [1.54, 1.807) is 20.8 Å². The molecular formula is C15H27NO4. The normalized spacial score (nSPS) is 18.1. The summed E-state index contributed by atoms with van der Waals surface area (Å²) in [5, 5.41) is 9.55. The van der Waals surface area contributed by atoms with Crippen LogP contribution >= 0.6 is 0 Å². The van der Waals surface area contributed by atoms with Gasteiger partial charge in [-0.3, -0.25) is 4.90 Å². The molecule has 0 bridgehead atoms. The maximum atomic E-state index is 12.3. The van der Waals surface area contributed by atoms with Crippen LogP contribution in [0, 0.1) is 5.92 Å². The molecule has 0 saturated heterocycles. The third kappa shape index (κ3) is 4.39. The van der Waals surface area contributed by atoms with E-state index >= 15 is 0 Å². The summed E-state index contributed by atoms with van der Waals surface area (Å²) in [6, 6.07) is -0.987. The average molecular weight is 285 g/mol. The molecule has 1 atom stereocenters. The van der Waals surface area contributed by atoms with Gasteiger partial charge in [-0.05, 0) is 53.4 Å². The summed E-state index contributed by atoms with van der Waals surface area (Å²) in [6.07, 6.45) is 3.27. The van der Waals surface area contributed by atoms with Crippen LogP contribution in [-0.2, 0) is 9.53 Å². The largest absolute Gasteiger partial charge is 0.480 e. The fraction of sp³-hybridized carbons (Fsp3) is 0.867. The van der Waals surface area contributed by atoms with Crippen molar-refractivity contribution in [3.8, 4) is 0 Å². The third-order valence-electron chi connectivity index (χ3n) is 3.56. The molecule has 1 fully saturated rings. The van der Waals surface area contributed by atoms with Gasteiger partial charge in [-0.25, -0.2) is 9.59 Å². The molecule has 0 radical (unpaired) electrons. The second-order valence-electron chi connectivity index (χ2n) is 6.81. The van der Waals surface area contributed by atoms with Gasteiger partial charge in [0.25, 0.3) is 0 Å². The Hall–Kier alpha value is -1.26. The van der Waals surface area contributed by atoms with Gasteiger partial charge in [0, 0.05) is 6.04 Å². The van der Waals surface area contributed by atoms with E-state index in [2.05, 4.69) is 0 Å². The van der Waals surface area contributed by atoms with Crippen LogP contribution in [-0.4, -0.2) is 39.8 Å². The number of carboxylic acid groups (broad SMARTS) is 1. The molecule has 1 unspecified atom stereocenters. The van der Waals surface area contributed by atoms with Crippen molar-refractivity contribution in [1.82, 2.24) is 4.90 Å². The molecule has 1 rings (SSSR count). The lowest BCUT2D eigenvalue weighted by atomic mass is 9.96. The zero-order valence-electron chi connectivity index (χ0n) is 13.2. The monoisotopic (exact) mass is 285 g/mol. The molecule has 5 heteroatoms. The number of hydrogen-bond acceptors (Lipinski definition) is 3. The minimum absolute atomic E-state index is 0.0300. The van der Waals surface area contributed by atoms with Gasteiger partial charge in [-0.15, -0.1) is 0 Å². The molecule has 0 aromatic heterocycles. The van der Waals surface area contributed by atoms with E-state index in [1.165, 1.54) is 4.90 Å². The Labute approximate surface area is 121 Å². The van der Waals surface area contributed by atoms with Gasteiger partial charge < -0.3 is 9.84 Å². The Morgan fingerprint density at radius 1 is 1.20 bits per heavy atom. The molecule has 0 aromatic carbocycles. The van der Waals surface area contributed by atoms with Crippen molar-refractivity contribution in [2.24, 2.45) is 5.92 Å². The van der Waals surface area contributed by atoms with Gasteiger partial charge in [0.2, 0.25) is 0 Å². The fourth-order valence-corrected chi connectivity index (χ4v) is 2.78. The van der Waals surface area contributed by atoms with Gasteiger partial charge in [-0.2, -0.15) is 0 Å². The van der Waals surface area contributed by atoms with Crippen LogP contribution in [0.25, 0.3) is 0 Å². The molecule has 116 valence electrons. The minimum Gasteiger partial charge on any atom is -0.480 e. The molecule has 5 nitrogen and oxygen atoms in total. The van der Waals surface area contributed by atoms with Gasteiger partial charge in [-0.1, -0.05) is 12.8 Å². The van der Waals surface area contributed by atoms with E-state index in [-0.39, 0.29) is 12.0 Å². The molecule has 0 spiro atoms. The van der Waals surface area contributed by atoms with Crippen molar-refractivity contribution < 1.29 is 19.4 Å². The van der Waals surface area contributed by atoms with E-state index in [9.17, 15) is 14.7 Å². The average Bonchev–Trinajstić information content (AvgIpc) is 2.74. The Morgan fingerprint density at radius 3 is 2.05 bits per heavy atom. The van der Waals surface area contributed by atoms with Crippen LogP contribution in [0.3, 0.4) is 0 Å². The molecule has 0 aliphatic heterocycles. The first-order valence-corrected chi connectivity index (χ1v) is 7.37. The SMILES string of the molecule is CC(C)N(C(=O)OC(C)(C)C)C(C(=O)O)C1CCCC1. The second-order valence-corrected chi connectivity index (χ2v) is 6.81. The Bertz CT molecular complexity index is 353. The zero-order valence-corrected chi connectivity index (χ0v) is 13.2. The summed E-state index contributed by atoms with van der Waals surface area (Å²) in [5.41, 5.74) is -0.622. The first-order valence-electron chi connectivity index (χ1n) is 7.37. The van der Waals surface area contributed by atoms with Crippen molar-refractivity contribution in [3.05, 3.63) is 0 Å². The van der Waals surface area contributed by atoms with E-state index in [0.29, 0.717) is 0 Å². The number of rotatable bonds is 4. The lowest BCUT2D eigenvalue weighted by molar-refractivity contribution is -0.146. The number of carbonyl (C=O) groups is 2. The first kappa shape index (κ1) is 16.8. The molecule has 1 aliphatic rings. The van der Waals surface area contributed by atoms with Crippen LogP contribution in [0.2, 0.25) is 0 Å². The number of ether oxygens (including phenoxy) is 1. The van der Waals surface area contributed by atoms with Gasteiger partial charge in [0.15, 0.2) is 0 Å². The van der Waals surface area contributed by atoms with E-state index in [1.807, 2.05) is 13.8 Å². The van der Waals surface area contributed by atoms with E-state index in [0.717, 1.165) is 25.7 Å². The maximum Gasteiger partial charge on any atom is 0.411 e. The summed E-state index contributed by atoms with van der Waals surface area (Å²) < 4.78 is 5.38. The first-order chi connectivity index (χ1) is 9.13. The molecule has 1 N–H and O–H groups in total.